The molecule has 0 unspecified atom stereocenters. The maximum absolute atomic E-state index is 10.8. The Kier molecular flexibility index (Phi) is 6.30. The molecule has 0 saturated heterocycles. The molecule has 0 atom stereocenters. The second-order valence-electron chi connectivity index (χ2n) is 3.13. The molecule has 0 aliphatic heterocycles. The molecule has 0 saturated carbocycles. The number of nitro groups is 1. The lowest BCUT2D eigenvalue weighted by atomic mass is 10.1. The summed E-state index contributed by atoms with van der Waals surface area (Å²) in [4.78, 5) is 10.3. The van der Waals surface area contributed by atoms with Gasteiger partial charge in [0.1, 0.15) is 5.75 Å². The monoisotopic (exact) mass is 262 g/mol. The van der Waals surface area contributed by atoms with Gasteiger partial charge in [0.15, 0.2) is 5.75 Å². The Hall–Kier alpha value is -1.53. The van der Waals surface area contributed by atoms with Crippen LogP contribution in [0.4, 0.5) is 5.69 Å². The number of hydrogen-bond donors (Lipinski definition) is 1. The van der Waals surface area contributed by atoms with E-state index < -0.39 is 4.92 Å². The number of nitro benzene ring substituents is 1. The van der Waals surface area contributed by atoms with Crippen LogP contribution in [0.2, 0.25) is 0 Å². The van der Waals surface area contributed by atoms with Crippen LogP contribution in [0.5, 0.6) is 11.5 Å². The van der Waals surface area contributed by atoms with Gasteiger partial charge in [0, 0.05) is 0 Å². The van der Waals surface area contributed by atoms with Crippen LogP contribution in [0, 0.1) is 10.1 Å². The molecule has 17 heavy (non-hydrogen) atoms. The van der Waals surface area contributed by atoms with Crippen LogP contribution in [0.1, 0.15) is 5.56 Å². The number of methoxy groups -OCH3 is 2. The molecule has 1 aromatic rings. The van der Waals surface area contributed by atoms with Crippen LogP contribution in [0.15, 0.2) is 12.1 Å². The fraction of sp³-hybridized carbons (Fsp3) is 0.400. The number of nitrogens with zero attached hydrogens (tertiary/aromatic N) is 1. The molecule has 0 aromatic heterocycles. The predicted octanol–water partition coefficient (Wildman–Crippen LogP) is 1.53. The van der Waals surface area contributed by atoms with Crippen LogP contribution in [-0.2, 0) is 6.42 Å². The Morgan fingerprint density at radius 2 is 1.88 bits per heavy atom. The van der Waals surface area contributed by atoms with E-state index in [9.17, 15) is 10.1 Å². The van der Waals surface area contributed by atoms with E-state index in [2.05, 4.69) is 0 Å². The number of ether oxygens (including phenoxy) is 2. The Labute approximate surface area is 105 Å². The summed E-state index contributed by atoms with van der Waals surface area (Å²) in [5, 5.41) is 10.8. The van der Waals surface area contributed by atoms with Gasteiger partial charge < -0.3 is 15.2 Å². The number of hydrogen-bond acceptors (Lipinski definition) is 5. The third-order valence-corrected chi connectivity index (χ3v) is 2.19. The first kappa shape index (κ1) is 15.5. The first-order valence-corrected chi connectivity index (χ1v) is 4.73. The molecule has 1 rings (SSSR count). The van der Waals surface area contributed by atoms with Gasteiger partial charge in [-0.05, 0) is 24.6 Å². The first-order chi connectivity index (χ1) is 7.63. The normalized spacial score (nSPS) is 9.35. The summed E-state index contributed by atoms with van der Waals surface area (Å²) in [5.41, 5.74) is 6.13. The van der Waals surface area contributed by atoms with Crippen LogP contribution in [0.25, 0.3) is 0 Å². The first-order valence-electron chi connectivity index (χ1n) is 4.73. The van der Waals surface area contributed by atoms with Crippen molar-refractivity contribution < 1.29 is 14.4 Å². The highest BCUT2D eigenvalue weighted by atomic mass is 35.5. The molecule has 0 fully saturated rings. The Balaban J connectivity index is 0.00000256. The van der Waals surface area contributed by atoms with Gasteiger partial charge in [-0.2, -0.15) is 0 Å². The van der Waals surface area contributed by atoms with Crippen molar-refractivity contribution in [3.05, 3.63) is 27.8 Å². The van der Waals surface area contributed by atoms with Gasteiger partial charge in [-0.15, -0.1) is 12.4 Å². The van der Waals surface area contributed by atoms with Crippen molar-refractivity contribution in [1.29, 1.82) is 0 Å². The molecule has 0 heterocycles. The summed E-state index contributed by atoms with van der Waals surface area (Å²) >= 11 is 0. The van der Waals surface area contributed by atoms with E-state index in [1.165, 1.54) is 20.3 Å². The summed E-state index contributed by atoms with van der Waals surface area (Å²) in [6, 6.07) is 2.94. The van der Waals surface area contributed by atoms with Crippen LogP contribution >= 0.6 is 12.4 Å². The van der Waals surface area contributed by atoms with Crippen LogP contribution < -0.4 is 15.2 Å². The third kappa shape index (κ3) is 3.47. The van der Waals surface area contributed by atoms with Gasteiger partial charge in [0.25, 0.3) is 0 Å². The van der Waals surface area contributed by atoms with E-state index in [0.717, 1.165) is 5.56 Å². The molecule has 7 heteroatoms. The molecule has 6 nitrogen and oxygen atoms in total. The van der Waals surface area contributed by atoms with Crippen molar-refractivity contribution in [2.24, 2.45) is 5.73 Å². The summed E-state index contributed by atoms with van der Waals surface area (Å²) in [6.07, 6.45) is 0.581. The van der Waals surface area contributed by atoms with Crippen LogP contribution in [0.3, 0.4) is 0 Å². The number of rotatable bonds is 5. The average Bonchev–Trinajstić information content (AvgIpc) is 2.28. The van der Waals surface area contributed by atoms with E-state index in [-0.39, 0.29) is 23.8 Å². The quantitative estimate of drug-likeness (QED) is 0.642. The second kappa shape index (κ2) is 6.93. The van der Waals surface area contributed by atoms with E-state index in [4.69, 9.17) is 15.2 Å². The zero-order chi connectivity index (χ0) is 12.1. The van der Waals surface area contributed by atoms with Gasteiger partial charge in [-0.25, -0.2) is 0 Å². The van der Waals surface area contributed by atoms with Gasteiger partial charge in [-0.1, -0.05) is 0 Å². The van der Waals surface area contributed by atoms with Crippen molar-refractivity contribution in [2.75, 3.05) is 20.8 Å². The van der Waals surface area contributed by atoms with Crippen molar-refractivity contribution in [1.82, 2.24) is 0 Å². The predicted molar refractivity (Wildman–Crippen MR) is 66.2 cm³/mol. The molecule has 1 aromatic carbocycles. The zero-order valence-corrected chi connectivity index (χ0v) is 10.5. The smallest absolute Gasteiger partial charge is 0.314 e. The van der Waals surface area contributed by atoms with E-state index in [0.29, 0.717) is 18.7 Å². The van der Waals surface area contributed by atoms with Crippen molar-refractivity contribution >= 4 is 18.1 Å². The number of benzene rings is 1. The summed E-state index contributed by atoms with van der Waals surface area (Å²) in [6.45, 7) is 0.442. The fourth-order valence-electron chi connectivity index (χ4n) is 1.44. The maximum Gasteiger partial charge on any atom is 0.314 e. The molecule has 0 aliphatic carbocycles. The molecule has 0 radical (unpaired) electrons. The third-order valence-electron chi connectivity index (χ3n) is 2.19. The largest absolute Gasteiger partial charge is 0.496 e. The van der Waals surface area contributed by atoms with Gasteiger partial charge in [-0.3, -0.25) is 10.1 Å². The zero-order valence-electron chi connectivity index (χ0n) is 9.63. The minimum Gasteiger partial charge on any atom is -0.496 e. The summed E-state index contributed by atoms with van der Waals surface area (Å²) in [7, 11) is 2.85. The second-order valence-corrected chi connectivity index (χ2v) is 3.13. The topological polar surface area (TPSA) is 87.6 Å². The summed E-state index contributed by atoms with van der Waals surface area (Å²) in [5.74, 6) is 0.673. The van der Waals surface area contributed by atoms with Crippen molar-refractivity contribution in [2.45, 2.75) is 6.42 Å². The van der Waals surface area contributed by atoms with Crippen LogP contribution in [-0.4, -0.2) is 25.7 Å². The van der Waals surface area contributed by atoms with Gasteiger partial charge in [0.2, 0.25) is 0 Å². The Morgan fingerprint density at radius 1 is 1.29 bits per heavy atom. The average molecular weight is 263 g/mol. The molecule has 96 valence electrons. The van der Waals surface area contributed by atoms with Crippen molar-refractivity contribution in [3.8, 4) is 11.5 Å². The lowest BCUT2D eigenvalue weighted by molar-refractivity contribution is -0.385. The lowest BCUT2D eigenvalue weighted by Crippen LogP contribution is -2.05. The number of halogens is 1. The molecule has 2 N–H and O–H groups in total. The Morgan fingerprint density at radius 3 is 2.29 bits per heavy atom. The standard InChI is InChI=1S/C10H14N2O4.ClH/c1-15-9-6-8(12(13)14)10(16-2)5-7(9)3-4-11;/h5-6H,3-4,11H2,1-2H3;1H. The molecular weight excluding hydrogens is 248 g/mol. The number of nitrogens with two attached hydrogens (primary N) is 1. The highest BCUT2D eigenvalue weighted by Crippen LogP contribution is 2.34. The molecule has 0 aliphatic rings. The Bertz CT molecular complexity index is 398. The molecular formula is C10H15ClN2O4. The van der Waals surface area contributed by atoms with Gasteiger partial charge in [0.05, 0.1) is 25.2 Å². The van der Waals surface area contributed by atoms with Gasteiger partial charge >= 0.3 is 5.69 Å². The minimum absolute atomic E-state index is 0. The van der Waals surface area contributed by atoms with Crippen molar-refractivity contribution in [3.63, 3.8) is 0 Å². The lowest BCUT2D eigenvalue weighted by Gasteiger charge is -2.10. The highest BCUT2D eigenvalue weighted by Gasteiger charge is 2.18. The highest BCUT2D eigenvalue weighted by molar-refractivity contribution is 5.85. The van der Waals surface area contributed by atoms with E-state index in [1.807, 2.05) is 0 Å². The fourth-order valence-corrected chi connectivity index (χ4v) is 1.44. The SMILES string of the molecule is COc1cc([N+](=O)[O-])c(OC)cc1CCN.Cl. The molecule has 0 amide bonds. The van der Waals surface area contributed by atoms with E-state index >= 15 is 0 Å². The minimum atomic E-state index is -0.506. The molecule has 0 bridgehead atoms. The molecule has 0 spiro atoms. The maximum atomic E-state index is 10.8. The summed E-state index contributed by atoms with van der Waals surface area (Å²) < 4.78 is 10.0. The van der Waals surface area contributed by atoms with E-state index in [1.54, 1.807) is 6.07 Å².